The molecule has 0 aliphatic heterocycles. The highest BCUT2D eigenvalue weighted by Crippen LogP contribution is 2.29. The molecule has 0 saturated carbocycles. The van der Waals surface area contributed by atoms with E-state index in [9.17, 15) is 4.79 Å². The lowest BCUT2D eigenvalue weighted by Gasteiger charge is -2.17. The van der Waals surface area contributed by atoms with Gasteiger partial charge in [-0.15, -0.1) is 11.3 Å². The molecule has 1 amide bonds. The molecule has 0 saturated heterocycles. The van der Waals surface area contributed by atoms with Crippen molar-refractivity contribution in [3.63, 3.8) is 0 Å². The van der Waals surface area contributed by atoms with Crippen LogP contribution in [0.25, 0.3) is 0 Å². The van der Waals surface area contributed by atoms with Gasteiger partial charge in [0.25, 0.3) is 0 Å². The Kier molecular flexibility index (Phi) is 5.42. The van der Waals surface area contributed by atoms with Crippen LogP contribution in [0.3, 0.4) is 0 Å². The Morgan fingerprint density at radius 3 is 2.76 bits per heavy atom. The standard InChI is InChI=1S/C16H19BrN2OS/c1-11(15-7-8-16(17)21-15)18-14-6-4-5-13(9-14)10-19(3)12(2)20/h4-9,11,18H,10H2,1-3H3. The van der Waals surface area contributed by atoms with Gasteiger partial charge in [0.15, 0.2) is 0 Å². The summed E-state index contributed by atoms with van der Waals surface area (Å²) in [7, 11) is 1.81. The maximum atomic E-state index is 11.3. The predicted octanol–water partition coefficient (Wildman–Crippen LogP) is 4.66. The smallest absolute Gasteiger partial charge is 0.219 e. The molecule has 112 valence electrons. The zero-order valence-corrected chi connectivity index (χ0v) is 14.8. The number of thiophene rings is 1. The number of hydrogen-bond donors (Lipinski definition) is 1. The first kappa shape index (κ1) is 16.0. The minimum atomic E-state index is 0.0742. The first-order valence-corrected chi connectivity index (χ1v) is 8.39. The molecule has 0 aliphatic rings. The third kappa shape index (κ3) is 4.58. The summed E-state index contributed by atoms with van der Waals surface area (Å²) < 4.78 is 1.14. The highest BCUT2D eigenvalue weighted by molar-refractivity contribution is 9.11. The summed E-state index contributed by atoms with van der Waals surface area (Å²) in [5, 5.41) is 3.50. The number of hydrogen-bond acceptors (Lipinski definition) is 3. The molecule has 1 aromatic carbocycles. The average Bonchev–Trinajstić information content (AvgIpc) is 2.86. The van der Waals surface area contributed by atoms with Crippen molar-refractivity contribution in [2.24, 2.45) is 0 Å². The normalized spacial score (nSPS) is 12.0. The summed E-state index contributed by atoms with van der Waals surface area (Å²) in [4.78, 5) is 14.3. The van der Waals surface area contributed by atoms with Crippen molar-refractivity contribution >= 4 is 38.9 Å². The molecule has 5 heteroatoms. The molecule has 1 N–H and O–H groups in total. The molecule has 0 aliphatic carbocycles. The van der Waals surface area contributed by atoms with Gasteiger partial charge in [-0.1, -0.05) is 12.1 Å². The van der Waals surface area contributed by atoms with E-state index in [-0.39, 0.29) is 11.9 Å². The van der Waals surface area contributed by atoms with E-state index in [0.717, 1.165) is 15.0 Å². The molecule has 0 fully saturated rings. The lowest BCUT2D eigenvalue weighted by atomic mass is 10.1. The number of nitrogens with zero attached hydrogens (tertiary/aromatic N) is 1. The van der Waals surface area contributed by atoms with Crippen molar-refractivity contribution in [2.75, 3.05) is 12.4 Å². The number of benzene rings is 1. The van der Waals surface area contributed by atoms with E-state index in [1.54, 1.807) is 23.2 Å². The molecule has 3 nitrogen and oxygen atoms in total. The van der Waals surface area contributed by atoms with Crippen molar-refractivity contribution in [1.82, 2.24) is 4.90 Å². The quantitative estimate of drug-likeness (QED) is 0.834. The van der Waals surface area contributed by atoms with Crippen molar-refractivity contribution in [3.05, 3.63) is 50.6 Å². The van der Waals surface area contributed by atoms with Crippen molar-refractivity contribution < 1.29 is 4.79 Å². The molecular formula is C16H19BrN2OS. The minimum Gasteiger partial charge on any atom is -0.378 e. The molecule has 0 bridgehead atoms. The average molecular weight is 367 g/mol. The van der Waals surface area contributed by atoms with E-state index in [2.05, 4.69) is 52.4 Å². The van der Waals surface area contributed by atoms with Crippen LogP contribution < -0.4 is 5.32 Å². The third-order valence-electron chi connectivity index (χ3n) is 3.29. The van der Waals surface area contributed by atoms with Crippen molar-refractivity contribution in [3.8, 4) is 0 Å². The van der Waals surface area contributed by atoms with Gasteiger partial charge < -0.3 is 10.2 Å². The minimum absolute atomic E-state index is 0.0742. The molecular weight excluding hydrogens is 348 g/mol. The van der Waals surface area contributed by atoms with E-state index in [0.29, 0.717) is 6.54 Å². The summed E-state index contributed by atoms with van der Waals surface area (Å²) in [5.41, 5.74) is 2.19. The fourth-order valence-corrected chi connectivity index (χ4v) is 3.45. The molecule has 1 heterocycles. The molecule has 0 spiro atoms. The van der Waals surface area contributed by atoms with Gasteiger partial charge in [0.1, 0.15) is 0 Å². The van der Waals surface area contributed by atoms with E-state index in [1.807, 2.05) is 19.2 Å². The highest BCUT2D eigenvalue weighted by Gasteiger charge is 2.09. The number of anilines is 1. The predicted molar refractivity (Wildman–Crippen MR) is 92.6 cm³/mol. The highest BCUT2D eigenvalue weighted by atomic mass is 79.9. The SMILES string of the molecule is CC(=O)N(C)Cc1cccc(NC(C)c2ccc(Br)s2)c1. The Morgan fingerprint density at radius 2 is 2.14 bits per heavy atom. The first-order valence-electron chi connectivity index (χ1n) is 6.78. The first-order chi connectivity index (χ1) is 9.95. The number of amides is 1. The van der Waals surface area contributed by atoms with E-state index >= 15 is 0 Å². The Bertz CT molecular complexity index is 626. The van der Waals surface area contributed by atoms with Gasteiger partial charge in [-0.05, 0) is 52.7 Å². The van der Waals surface area contributed by atoms with Crippen molar-refractivity contribution in [1.29, 1.82) is 0 Å². The van der Waals surface area contributed by atoms with Gasteiger partial charge >= 0.3 is 0 Å². The maximum Gasteiger partial charge on any atom is 0.219 e. The van der Waals surface area contributed by atoms with Crippen LogP contribution in [0.5, 0.6) is 0 Å². The molecule has 1 unspecified atom stereocenters. The number of rotatable bonds is 5. The monoisotopic (exact) mass is 366 g/mol. The van der Waals surface area contributed by atoms with Gasteiger partial charge in [0.2, 0.25) is 5.91 Å². The molecule has 0 radical (unpaired) electrons. The number of nitrogens with one attached hydrogen (secondary N) is 1. The van der Waals surface area contributed by atoms with Gasteiger partial charge in [-0.3, -0.25) is 4.79 Å². The molecule has 21 heavy (non-hydrogen) atoms. The van der Waals surface area contributed by atoms with Gasteiger partial charge in [0.05, 0.1) is 9.83 Å². The third-order valence-corrected chi connectivity index (χ3v) is 5.09. The molecule has 1 aromatic heterocycles. The summed E-state index contributed by atoms with van der Waals surface area (Å²) in [6.45, 7) is 4.36. The van der Waals surface area contributed by atoms with E-state index in [1.165, 1.54) is 4.88 Å². The number of carbonyl (C=O) groups excluding carboxylic acids is 1. The number of carbonyl (C=O) groups is 1. The Balaban J connectivity index is 2.05. The van der Waals surface area contributed by atoms with Crippen LogP contribution in [0.1, 0.15) is 30.3 Å². The summed E-state index contributed by atoms with van der Waals surface area (Å²) >= 11 is 5.23. The van der Waals surface area contributed by atoms with Crippen LogP contribution >= 0.6 is 27.3 Å². The van der Waals surface area contributed by atoms with Gasteiger partial charge in [0, 0.05) is 31.1 Å². The molecule has 1 atom stereocenters. The van der Waals surface area contributed by atoms with Crippen LogP contribution in [0.15, 0.2) is 40.2 Å². The van der Waals surface area contributed by atoms with Gasteiger partial charge in [-0.25, -0.2) is 0 Å². The van der Waals surface area contributed by atoms with E-state index < -0.39 is 0 Å². The summed E-state index contributed by atoms with van der Waals surface area (Å²) in [6, 6.07) is 12.6. The zero-order valence-electron chi connectivity index (χ0n) is 12.4. The number of halogens is 1. The maximum absolute atomic E-state index is 11.3. The van der Waals surface area contributed by atoms with Crippen molar-refractivity contribution in [2.45, 2.75) is 26.4 Å². The molecule has 2 rings (SSSR count). The second-order valence-corrected chi connectivity index (χ2v) is 7.58. The van der Waals surface area contributed by atoms with E-state index in [4.69, 9.17) is 0 Å². The second kappa shape index (κ2) is 7.09. The molecule has 2 aromatic rings. The topological polar surface area (TPSA) is 32.3 Å². The largest absolute Gasteiger partial charge is 0.378 e. The van der Waals surface area contributed by atoms with Crippen LogP contribution in [0, 0.1) is 0 Å². The van der Waals surface area contributed by atoms with Crippen LogP contribution in [-0.4, -0.2) is 17.9 Å². The second-order valence-electron chi connectivity index (χ2n) is 5.08. The Hall–Kier alpha value is -1.33. The summed E-state index contributed by atoms with van der Waals surface area (Å²) in [6.07, 6.45) is 0. The lowest BCUT2D eigenvalue weighted by molar-refractivity contribution is -0.128. The fourth-order valence-electron chi connectivity index (χ4n) is 2.03. The fraction of sp³-hybridized carbons (Fsp3) is 0.312. The Morgan fingerprint density at radius 1 is 1.38 bits per heavy atom. The Labute approximate surface area is 138 Å². The zero-order chi connectivity index (χ0) is 15.4. The van der Waals surface area contributed by atoms with Crippen LogP contribution in [0.4, 0.5) is 5.69 Å². The van der Waals surface area contributed by atoms with Crippen LogP contribution in [0.2, 0.25) is 0 Å². The lowest BCUT2D eigenvalue weighted by Crippen LogP contribution is -2.23. The van der Waals surface area contributed by atoms with Crippen LogP contribution in [-0.2, 0) is 11.3 Å². The summed E-state index contributed by atoms with van der Waals surface area (Å²) in [5.74, 6) is 0.0742. The van der Waals surface area contributed by atoms with Gasteiger partial charge in [-0.2, -0.15) is 0 Å².